The van der Waals surface area contributed by atoms with Crippen LogP contribution in [-0.2, 0) is 22.3 Å². The lowest BCUT2D eigenvalue weighted by molar-refractivity contribution is 0.0956. The minimum atomic E-state index is -3.47. The molecule has 1 aliphatic heterocycles. The standard InChI is InChI=1S/C27H29Cl2N3O3S2/c28-25-10-5-11-26(29)24(25)20-36-17-12-30-27(33)22-7-4-6-21(18-22)19-31-13-15-32(16-14-31)37(34,35)23-8-2-1-3-9-23/h1-11,18H,12-17,19-20H2,(H,30,33). The van der Waals surface area contributed by atoms with Crippen LogP contribution in [0, 0.1) is 0 Å². The van der Waals surface area contributed by atoms with E-state index in [0.717, 1.165) is 16.9 Å². The fraction of sp³-hybridized carbons (Fsp3) is 0.296. The van der Waals surface area contributed by atoms with Crippen molar-refractivity contribution in [3.63, 3.8) is 0 Å². The molecule has 0 spiro atoms. The molecule has 0 saturated carbocycles. The second kappa shape index (κ2) is 13.1. The third-order valence-electron chi connectivity index (χ3n) is 6.15. The summed E-state index contributed by atoms with van der Waals surface area (Å²) in [5.41, 5.74) is 2.55. The van der Waals surface area contributed by atoms with Crippen LogP contribution in [0.3, 0.4) is 0 Å². The molecule has 3 aromatic carbocycles. The number of piperazine rings is 1. The molecule has 4 rings (SSSR count). The highest BCUT2D eigenvalue weighted by molar-refractivity contribution is 7.98. The Morgan fingerprint density at radius 2 is 1.57 bits per heavy atom. The van der Waals surface area contributed by atoms with Crippen molar-refractivity contribution in [3.05, 3.63) is 99.5 Å². The van der Waals surface area contributed by atoms with Gasteiger partial charge in [0.15, 0.2) is 0 Å². The Hall–Kier alpha value is -2.07. The van der Waals surface area contributed by atoms with Crippen LogP contribution in [0.4, 0.5) is 0 Å². The average molecular weight is 579 g/mol. The van der Waals surface area contributed by atoms with Crippen molar-refractivity contribution in [2.24, 2.45) is 0 Å². The van der Waals surface area contributed by atoms with Crippen LogP contribution < -0.4 is 5.32 Å². The fourth-order valence-electron chi connectivity index (χ4n) is 4.12. The zero-order chi connectivity index (χ0) is 26.3. The van der Waals surface area contributed by atoms with Gasteiger partial charge >= 0.3 is 0 Å². The lowest BCUT2D eigenvalue weighted by Gasteiger charge is -2.34. The molecule has 0 atom stereocenters. The van der Waals surface area contributed by atoms with Crippen molar-refractivity contribution in [3.8, 4) is 0 Å². The maximum absolute atomic E-state index is 12.9. The molecule has 6 nitrogen and oxygen atoms in total. The number of nitrogens with one attached hydrogen (secondary N) is 1. The molecule has 0 radical (unpaired) electrons. The summed E-state index contributed by atoms with van der Waals surface area (Å²) in [7, 11) is -3.47. The van der Waals surface area contributed by atoms with Gasteiger partial charge in [-0.15, -0.1) is 0 Å². The molecule has 10 heteroatoms. The Labute approximate surface area is 233 Å². The van der Waals surface area contributed by atoms with Gasteiger partial charge in [-0.05, 0) is 47.5 Å². The summed E-state index contributed by atoms with van der Waals surface area (Å²) in [6.45, 7) is 3.34. The van der Waals surface area contributed by atoms with Gasteiger partial charge in [0.1, 0.15) is 0 Å². The SMILES string of the molecule is O=C(NCCSCc1c(Cl)cccc1Cl)c1cccc(CN2CCN(S(=O)(=O)c3ccccc3)CC2)c1. The van der Waals surface area contributed by atoms with Crippen LogP contribution in [0.25, 0.3) is 0 Å². The second-order valence-corrected chi connectivity index (χ2v) is 12.6. The van der Waals surface area contributed by atoms with Crippen LogP contribution in [0.5, 0.6) is 0 Å². The molecule has 196 valence electrons. The molecule has 1 amide bonds. The zero-order valence-electron chi connectivity index (χ0n) is 20.3. The summed E-state index contributed by atoms with van der Waals surface area (Å²) in [6.07, 6.45) is 0. The molecular formula is C27H29Cl2N3O3S2. The lowest BCUT2D eigenvalue weighted by Crippen LogP contribution is -2.48. The van der Waals surface area contributed by atoms with Gasteiger partial charge in [-0.3, -0.25) is 9.69 Å². The van der Waals surface area contributed by atoms with Gasteiger partial charge in [0, 0.05) is 66.4 Å². The Morgan fingerprint density at radius 1 is 0.892 bits per heavy atom. The van der Waals surface area contributed by atoms with Gasteiger partial charge in [-0.25, -0.2) is 8.42 Å². The minimum Gasteiger partial charge on any atom is -0.351 e. The number of nitrogens with zero attached hydrogens (tertiary/aromatic N) is 2. The van der Waals surface area contributed by atoms with Gasteiger partial charge in [0.2, 0.25) is 10.0 Å². The molecule has 1 saturated heterocycles. The monoisotopic (exact) mass is 577 g/mol. The van der Waals surface area contributed by atoms with Crippen LogP contribution in [0.2, 0.25) is 10.0 Å². The third-order valence-corrected chi connectivity index (χ3v) is 9.75. The molecule has 3 aromatic rings. The summed E-state index contributed by atoms with van der Waals surface area (Å²) < 4.78 is 27.2. The average Bonchev–Trinajstić information content (AvgIpc) is 2.91. The van der Waals surface area contributed by atoms with E-state index in [-0.39, 0.29) is 5.91 Å². The van der Waals surface area contributed by atoms with E-state index < -0.39 is 10.0 Å². The van der Waals surface area contributed by atoms with Gasteiger partial charge in [0.25, 0.3) is 5.91 Å². The van der Waals surface area contributed by atoms with Crippen molar-refractivity contribution in [2.45, 2.75) is 17.2 Å². The number of thioether (sulfide) groups is 1. The first-order valence-electron chi connectivity index (χ1n) is 12.0. The minimum absolute atomic E-state index is 0.114. The molecule has 1 heterocycles. The largest absolute Gasteiger partial charge is 0.351 e. The predicted octanol–water partition coefficient (Wildman–Crippen LogP) is 5.16. The molecule has 0 bridgehead atoms. The second-order valence-electron chi connectivity index (χ2n) is 8.70. The summed E-state index contributed by atoms with van der Waals surface area (Å²) in [5.74, 6) is 1.31. The highest BCUT2D eigenvalue weighted by atomic mass is 35.5. The van der Waals surface area contributed by atoms with Crippen LogP contribution in [0.15, 0.2) is 77.7 Å². The Kier molecular flexibility index (Phi) is 9.92. The van der Waals surface area contributed by atoms with E-state index in [9.17, 15) is 13.2 Å². The van der Waals surface area contributed by atoms with E-state index in [0.29, 0.717) is 65.5 Å². The van der Waals surface area contributed by atoms with E-state index in [4.69, 9.17) is 23.2 Å². The third kappa shape index (κ3) is 7.50. The normalized spacial score (nSPS) is 15.0. The van der Waals surface area contributed by atoms with Crippen molar-refractivity contribution in [1.82, 2.24) is 14.5 Å². The fourth-order valence-corrected chi connectivity index (χ4v) is 7.16. The highest BCUT2D eigenvalue weighted by Crippen LogP contribution is 2.28. The smallest absolute Gasteiger partial charge is 0.251 e. The summed E-state index contributed by atoms with van der Waals surface area (Å²) in [5, 5.41) is 4.28. The number of rotatable bonds is 10. The number of carbonyl (C=O) groups is 1. The van der Waals surface area contributed by atoms with Crippen LogP contribution in [0.1, 0.15) is 21.5 Å². The van der Waals surface area contributed by atoms with E-state index in [1.54, 1.807) is 46.4 Å². The maximum atomic E-state index is 12.9. The predicted molar refractivity (Wildman–Crippen MR) is 152 cm³/mol. The maximum Gasteiger partial charge on any atom is 0.251 e. The molecule has 1 aliphatic rings. The Balaban J connectivity index is 1.23. The molecule has 0 unspecified atom stereocenters. The number of amides is 1. The molecule has 37 heavy (non-hydrogen) atoms. The topological polar surface area (TPSA) is 69.7 Å². The lowest BCUT2D eigenvalue weighted by atomic mass is 10.1. The van der Waals surface area contributed by atoms with Crippen LogP contribution in [-0.4, -0.2) is 62.0 Å². The number of sulfonamides is 1. The number of hydrogen-bond donors (Lipinski definition) is 1. The molecular weight excluding hydrogens is 549 g/mol. The molecule has 0 aliphatic carbocycles. The summed E-state index contributed by atoms with van der Waals surface area (Å²) >= 11 is 14.1. The van der Waals surface area contributed by atoms with Crippen LogP contribution >= 0.6 is 35.0 Å². The van der Waals surface area contributed by atoms with Gasteiger partial charge in [-0.2, -0.15) is 16.1 Å². The summed E-state index contributed by atoms with van der Waals surface area (Å²) in [6, 6.07) is 21.6. The first-order chi connectivity index (χ1) is 17.8. The highest BCUT2D eigenvalue weighted by Gasteiger charge is 2.28. The quantitative estimate of drug-likeness (QED) is 0.337. The first-order valence-corrected chi connectivity index (χ1v) is 15.3. The van der Waals surface area contributed by atoms with Crippen molar-refractivity contribution >= 4 is 50.9 Å². The number of halogens is 2. The molecule has 1 N–H and O–H groups in total. The Morgan fingerprint density at radius 3 is 2.27 bits per heavy atom. The zero-order valence-corrected chi connectivity index (χ0v) is 23.4. The van der Waals surface area contributed by atoms with E-state index in [1.807, 2.05) is 42.5 Å². The first kappa shape index (κ1) is 28.0. The van der Waals surface area contributed by atoms with E-state index in [2.05, 4.69) is 10.2 Å². The Bertz CT molecular complexity index is 1300. The van der Waals surface area contributed by atoms with Crippen molar-refractivity contribution < 1.29 is 13.2 Å². The van der Waals surface area contributed by atoms with Crippen molar-refractivity contribution in [1.29, 1.82) is 0 Å². The van der Waals surface area contributed by atoms with E-state index >= 15 is 0 Å². The van der Waals surface area contributed by atoms with Gasteiger partial charge in [-0.1, -0.05) is 59.6 Å². The van der Waals surface area contributed by atoms with Crippen molar-refractivity contribution in [2.75, 3.05) is 38.5 Å². The van der Waals surface area contributed by atoms with Gasteiger partial charge in [0.05, 0.1) is 4.90 Å². The number of benzene rings is 3. The van der Waals surface area contributed by atoms with E-state index in [1.165, 1.54) is 0 Å². The number of carbonyl (C=O) groups excluding carboxylic acids is 1. The number of hydrogen-bond acceptors (Lipinski definition) is 5. The summed E-state index contributed by atoms with van der Waals surface area (Å²) in [4.78, 5) is 15.2. The molecule has 0 aromatic heterocycles. The molecule has 1 fully saturated rings. The van der Waals surface area contributed by atoms with Gasteiger partial charge < -0.3 is 5.32 Å².